The maximum Gasteiger partial charge on any atom is 0.391 e. The van der Waals surface area contributed by atoms with Crippen LogP contribution in [0, 0.1) is 11.8 Å². The van der Waals surface area contributed by atoms with Crippen LogP contribution in [0.2, 0.25) is 0 Å². The predicted molar refractivity (Wildman–Crippen MR) is 53.6 cm³/mol. The number of aromatic nitrogens is 3. The molecule has 3 nitrogen and oxygen atoms in total. The lowest BCUT2D eigenvalue weighted by Crippen LogP contribution is -2.26. The summed E-state index contributed by atoms with van der Waals surface area (Å²) in [7, 11) is 0. The summed E-state index contributed by atoms with van der Waals surface area (Å²) in [6, 6.07) is 0. The maximum absolute atomic E-state index is 12.7. The topological polar surface area (TPSA) is 30.7 Å². The van der Waals surface area contributed by atoms with E-state index in [1.807, 2.05) is 0 Å². The van der Waals surface area contributed by atoms with E-state index in [0.29, 0.717) is 0 Å². The Morgan fingerprint density at radius 2 is 2.00 bits per heavy atom. The molecule has 1 aromatic rings. The molecule has 0 fully saturated rings. The summed E-state index contributed by atoms with van der Waals surface area (Å²) >= 11 is 0. The molecule has 0 saturated heterocycles. The van der Waals surface area contributed by atoms with Crippen molar-refractivity contribution in [1.29, 1.82) is 0 Å². The van der Waals surface area contributed by atoms with E-state index in [-0.39, 0.29) is 25.3 Å². The van der Waals surface area contributed by atoms with Crippen LogP contribution in [0.3, 0.4) is 0 Å². The van der Waals surface area contributed by atoms with E-state index in [1.54, 1.807) is 13.8 Å². The minimum absolute atomic E-state index is 0.0439. The Morgan fingerprint density at radius 3 is 2.44 bits per heavy atom. The van der Waals surface area contributed by atoms with Crippen molar-refractivity contribution in [2.45, 2.75) is 39.4 Å². The first-order chi connectivity index (χ1) is 7.39. The van der Waals surface area contributed by atoms with Gasteiger partial charge in [0.05, 0.1) is 5.92 Å². The molecule has 0 aliphatic heterocycles. The van der Waals surface area contributed by atoms with Gasteiger partial charge in [0.2, 0.25) is 0 Å². The van der Waals surface area contributed by atoms with Crippen LogP contribution >= 0.6 is 0 Å². The third kappa shape index (κ3) is 4.20. The van der Waals surface area contributed by atoms with Gasteiger partial charge in [-0.15, -0.1) is 0 Å². The fourth-order valence-electron chi connectivity index (χ4n) is 1.62. The van der Waals surface area contributed by atoms with E-state index in [0.717, 1.165) is 0 Å². The smallest absolute Gasteiger partial charge is 0.253 e. The van der Waals surface area contributed by atoms with Crippen molar-refractivity contribution in [2.24, 2.45) is 11.8 Å². The molecular formula is C10H16F3N3. The molecule has 92 valence electrons. The molecule has 0 aliphatic rings. The highest BCUT2D eigenvalue weighted by Gasteiger charge is 2.39. The molecule has 1 atom stereocenters. The van der Waals surface area contributed by atoms with Crippen molar-refractivity contribution >= 4 is 0 Å². The first kappa shape index (κ1) is 13.0. The number of hydrogen-bond acceptors (Lipinski definition) is 2. The van der Waals surface area contributed by atoms with Gasteiger partial charge in [0.25, 0.3) is 0 Å². The molecule has 1 rings (SSSR count). The van der Waals surface area contributed by atoms with E-state index in [2.05, 4.69) is 10.1 Å². The van der Waals surface area contributed by atoms with E-state index in [4.69, 9.17) is 0 Å². The second-order valence-corrected chi connectivity index (χ2v) is 4.32. The molecule has 0 aliphatic carbocycles. The summed E-state index contributed by atoms with van der Waals surface area (Å²) in [5.41, 5.74) is 0. The maximum atomic E-state index is 12.7. The van der Waals surface area contributed by atoms with Gasteiger partial charge in [0, 0.05) is 6.54 Å². The van der Waals surface area contributed by atoms with Gasteiger partial charge in [-0.3, -0.25) is 4.68 Å². The van der Waals surface area contributed by atoms with E-state index < -0.39 is 12.1 Å². The van der Waals surface area contributed by atoms with E-state index >= 15 is 0 Å². The molecule has 0 N–H and O–H groups in total. The molecule has 0 saturated carbocycles. The van der Waals surface area contributed by atoms with Crippen LogP contribution in [0.5, 0.6) is 0 Å². The lowest BCUT2D eigenvalue weighted by atomic mass is 9.93. The van der Waals surface area contributed by atoms with Crippen LogP contribution in [0.15, 0.2) is 12.7 Å². The highest BCUT2D eigenvalue weighted by atomic mass is 19.4. The summed E-state index contributed by atoms with van der Waals surface area (Å²) in [6.45, 7) is 3.86. The second-order valence-electron chi connectivity index (χ2n) is 4.32. The molecule has 0 aromatic carbocycles. The number of halogens is 3. The van der Waals surface area contributed by atoms with Crippen LogP contribution in [0.25, 0.3) is 0 Å². The molecule has 0 amide bonds. The third-order valence-electron chi connectivity index (χ3n) is 2.39. The van der Waals surface area contributed by atoms with Crippen molar-refractivity contribution in [1.82, 2.24) is 14.8 Å². The first-order valence-corrected chi connectivity index (χ1v) is 5.28. The molecule has 0 bridgehead atoms. The number of nitrogens with zero attached hydrogens (tertiary/aromatic N) is 3. The molecule has 16 heavy (non-hydrogen) atoms. The number of hydrogen-bond donors (Lipinski definition) is 0. The lowest BCUT2D eigenvalue weighted by molar-refractivity contribution is -0.181. The summed E-state index contributed by atoms with van der Waals surface area (Å²) in [5.74, 6) is -1.21. The molecule has 1 aromatic heterocycles. The van der Waals surface area contributed by atoms with Crippen LogP contribution < -0.4 is 0 Å². The highest BCUT2D eigenvalue weighted by molar-refractivity contribution is 4.70. The zero-order chi connectivity index (χ0) is 12.2. The quantitative estimate of drug-likeness (QED) is 0.785. The predicted octanol–water partition coefficient (Wildman–Crippen LogP) is 2.89. The molecule has 1 heterocycles. The Labute approximate surface area is 92.7 Å². The monoisotopic (exact) mass is 235 g/mol. The van der Waals surface area contributed by atoms with Crippen LogP contribution in [0.4, 0.5) is 13.2 Å². The number of rotatable bonds is 5. The van der Waals surface area contributed by atoms with Gasteiger partial charge >= 0.3 is 6.18 Å². The Hall–Kier alpha value is -1.07. The average Bonchev–Trinajstić information content (AvgIpc) is 2.62. The largest absolute Gasteiger partial charge is 0.391 e. The van der Waals surface area contributed by atoms with Crippen molar-refractivity contribution in [3.05, 3.63) is 12.7 Å². The second kappa shape index (κ2) is 5.32. The zero-order valence-corrected chi connectivity index (χ0v) is 9.41. The Balaban J connectivity index is 2.50. The Morgan fingerprint density at radius 1 is 1.31 bits per heavy atom. The molecule has 6 heteroatoms. The third-order valence-corrected chi connectivity index (χ3v) is 2.39. The van der Waals surface area contributed by atoms with Crippen molar-refractivity contribution in [3.63, 3.8) is 0 Å². The van der Waals surface area contributed by atoms with Gasteiger partial charge < -0.3 is 0 Å². The summed E-state index contributed by atoms with van der Waals surface area (Å²) in [6.07, 6.45) is -1.14. The first-order valence-electron chi connectivity index (χ1n) is 5.28. The van der Waals surface area contributed by atoms with Gasteiger partial charge in [-0.2, -0.15) is 18.3 Å². The average molecular weight is 235 g/mol. The van der Waals surface area contributed by atoms with Crippen LogP contribution in [0.1, 0.15) is 26.7 Å². The summed E-state index contributed by atoms with van der Waals surface area (Å²) < 4.78 is 39.4. The standard InChI is InChI=1S/C10H16F3N3/c1-8(2)5-9(10(11,12)13)3-4-16-7-14-6-15-16/h6-9H,3-5H2,1-2H3. The van der Waals surface area contributed by atoms with Gasteiger partial charge in [0.1, 0.15) is 12.7 Å². The zero-order valence-electron chi connectivity index (χ0n) is 9.41. The van der Waals surface area contributed by atoms with Gasteiger partial charge in [-0.1, -0.05) is 13.8 Å². The van der Waals surface area contributed by atoms with Gasteiger partial charge in [-0.05, 0) is 18.8 Å². The Bertz CT molecular complexity index is 293. The Kier molecular flexibility index (Phi) is 4.32. The van der Waals surface area contributed by atoms with Crippen LogP contribution in [-0.4, -0.2) is 20.9 Å². The highest BCUT2D eigenvalue weighted by Crippen LogP contribution is 2.33. The minimum atomic E-state index is -4.12. The summed E-state index contributed by atoms with van der Waals surface area (Å²) in [5, 5.41) is 3.79. The van der Waals surface area contributed by atoms with E-state index in [1.165, 1.54) is 17.3 Å². The van der Waals surface area contributed by atoms with Crippen LogP contribution in [-0.2, 0) is 6.54 Å². The molecule has 0 spiro atoms. The van der Waals surface area contributed by atoms with Crippen molar-refractivity contribution in [3.8, 4) is 0 Å². The number of aryl methyl sites for hydroxylation is 1. The minimum Gasteiger partial charge on any atom is -0.253 e. The van der Waals surface area contributed by atoms with Gasteiger partial charge in [-0.25, -0.2) is 4.98 Å². The fraction of sp³-hybridized carbons (Fsp3) is 0.800. The number of alkyl halides is 3. The normalized spacial score (nSPS) is 14.4. The molecule has 0 radical (unpaired) electrons. The SMILES string of the molecule is CC(C)CC(CCn1cncn1)C(F)(F)F. The van der Waals surface area contributed by atoms with Crippen molar-refractivity contribution in [2.75, 3.05) is 0 Å². The fourth-order valence-corrected chi connectivity index (χ4v) is 1.62. The molecule has 1 unspecified atom stereocenters. The van der Waals surface area contributed by atoms with Crippen molar-refractivity contribution < 1.29 is 13.2 Å². The summed E-state index contributed by atoms with van der Waals surface area (Å²) in [4.78, 5) is 3.69. The lowest BCUT2D eigenvalue weighted by Gasteiger charge is -2.21. The van der Waals surface area contributed by atoms with Gasteiger partial charge in [0.15, 0.2) is 0 Å². The molecular weight excluding hydrogens is 219 g/mol. The van der Waals surface area contributed by atoms with E-state index in [9.17, 15) is 13.2 Å².